The van der Waals surface area contributed by atoms with Crippen LogP contribution in [0.25, 0.3) is 0 Å². The van der Waals surface area contributed by atoms with Crippen LogP contribution in [0.5, 0.6) is 0 Å². The molecule has 76 heavy (non-hydrogen) atoms. The number of hydrogen-bond acceptors (Lipinski definition) is 12. The first kappa shape index (κ1) is 62.0. The fourth-order valence-corrected chi connectivity index (χ4v) is 9.29. The van der Waals surface area contributed by atoms with Crippen molar-refractivity contribution in [3.8, 4) is 0 Å². The Morgan fingerprint density at radius 3 is 1.17 bits per heavy atom. The van der Waals surface area contributed by atoms with E-state index in [0.29, 0.717) is 17.5 Å². The second-order valence-electron chi connectivity index (χ2n) is 22.1. The summed E-state index contributed by atoms with van der Waals surface area (Å²) in [6.45, 7) is 17.6. The summed E-state index contributed by atoms with van der Waals surface area (Å²) in [4.78, 5) is 121. The summed E-state index contributed by atoms with van der Waals surface area (Å²) in [5, 5.41) is 0. The monoisotopic (exact) mass is 1050 g/mol. The number of rotatable bonds is 14. The minimum atomic E-state index is -1.51. The molecule has 2 aromatic rings. The van der Waals surface area contributed by atoms with Crippen LogP contribution in [0, 0.1) is 23.7 Å². The van der Waals surface area contributed by atoms with Gasteiger partial charge in [0.05, 0.1) is 0 Å². The standard InChI is InChI=1S/C60H84N4O12/c1-37(2)30-47-57(69)73-42(10)54(66)62(12)50(33-40(7)8)60(72)76-52(36-46-28-26-45(27-29-46)34-43-22-18-15-16-19-23-43)56(68)64(14)48(31-38(3)4)58(70)74-41(9)53(65)61(11)49(32-39(5)6)59(71)75-51(55(67)63(47)13)35-44-24-20-17-21-25-44/h15,17-29,37-42,47-52H,16,30-36H2,1-14H3/t41-,42-,47?,48?,49+,50+,51-,52-/m1/s1. The summed E-state index contributed by atoms with van der Waals surface area (Å²) in [7, 11) is 5.60. The largest absolute Gasteiger partial charge is 0.451 e. The molecule has 0 saturated carbocycles. The van der Waals surface area contributed by atoms with Gasteiger partial charge in [-0.1, -0.05) is 140 Å². The van der Waals surface area contributed by atoms with E-state index < -0.39 is 96.1 Å². The van der Waals surface area contributed by atoms with E-state index in [2.05, 4.69) is 24.3 Å². The van der Waals surface area contributed by atoms with Crippen LogP contribution in [0.15, 0.2) is 90.6 Å². The quantitative estimate of drug-likeness (QED) is 0.133. The number of likely N-dealkylation sites (N-methyl/N-ethyl adjacent to an activating group) is 4. The molecule has 1 fully saturated rings. The Hall–Kier alpha value is -6.58. The molecule has 1 aliphatic heterocycles. The lowest BCUT2D eigenvalue weighted by molar-refractivity contribution is -0.176. The summed E-state index contributed by atoms with van der Waals surface area (Å²) >= 11 is 0. The molecule has 16 nitrogen and oxygen atoms in total. The van der Waals surface area contributed by atoms with Gasteiger partial charge in [-0.2, -0.15) is 0 Å². The average Bonchev–Trinajstić information content (AvgIpc) is 3.64. The predicted molar refractivity (Wildman–Crippen MR) is 290 cm³/mol. The third-order valence-corrected chi connectivity index (χ3v) is 13.6. The molecule has 0 bridgehead atoms. The van der Waals surface area contributed by atoms with Crippen molar-refractivity contribution < 1.29 is 57.3 Å². The minimum absolute atomic E-state index is 0.0856. The van der Waals surface area contributed by atoms with E-state index >= 15 is 0 Å². The number of allylic oxidation sites excluding steroid dienone is 6. The third kappa shape index (κ3) is 18.0. The molecule has 0 aromatic heterocycles. The molecular formula is C60H84N4O12. The lowest BCUT2D eigenvalue weighted by atomic mass is 9.99. The number of carbonyl (C=O) groups is 8. The molecule has 8 atom stereocenters. The topological polar surface area (TPSA) is 186 Å². The number of ether oxygens (including phenoxy) is 4. The van der Waals surface area contributed by atoms with Gasteiger partial charge in [-0.25, -0.2) is 19.2 Å². The normalized spacial score (nSPS) is 24.7. The summed E-state index contributed by atoms with van der Waals surface area (Å²) in [6.07, 6.45) is 6.13. The molecular weight excluding hydrogens is 969 g/mol. The van der Waals surface area contributed by atoms with Gasteiger partial charge in [0.2, 0.25) is 0 Å². The fourth-order valence-electron chi connectivity index (χ4n) is 9.29. The first-order valence-electron chi connectivity index (χ1n) is 26.8. The number of carbonyl (C=O) groups excluding carboxylic acids is 8. The summed E-state index contributed by atoms with van der Waals surface area (Å²) in [5.41, 5.74) is 3.43. The molecule has 4 amide bonds. The molecule has 1 aliphatic carbocycles. The van der Waals surface area contributed by atoms with E-state index in [1.807, 2.05) is 85.7 Å². The number of hydrogen-bond donors (Lipinski definition) is 0. The molecule has 2 aliphatic rings. The maximum atomic E-state index is 15.0. The Bertz CT molecular complexity index is 2390. The van der Waals surface area contributed by atoms with Gasteiger partial charge < -0.3 is 38.5 Å². The van der Waals surface area contributed by atoms with Crippen molar-refractivity contribution >= 4 is 47.5 Å². The number of nitrogens with zero attached hydrogens (tertiary/aromatic N) is 4. The number of benzene rings is 2. The molecule has 2 aromatic carbocycles. The Morgan fingerprint density at radius 2 is 0.789 bits per heavy atom. The highest BCUT2D eigenvalue weighted by molar-refractivity contribution is 5.94. The van der Waals surface area contributed by atoms with Crippen LogP contribution in [0.2, 0.25) is 0 Å². The average molecular weight is 1050 g/mol. The van der Waals surface area contributed by atoms with Crippen molar-refractivity contribution in [3.05, 3.63) is 107 Å². The van der Waals surface area contributed by atoms with Crippen molar-refractivity contribution in [2.75, 3.05) is 28.2 Å². The summed E-state index contributed by atoms with van der Waals surface area (Å²) < 4.78 is 24.1. The van der Waals surface area contributed by atoms with Gasteiger partial charge in [0.15, 0.2) is 24.4 Å². The van der Waals surface area contributed by atoms with Gasteiger partial charge in [0.25, 0.3) is 23.6 Å². The Labute approximate surface area is 451 Å². The molecule has 0 N–H and O–H groups in total. The zero-order chi connectivity index (χ0) is 56.6. The van der Waals surface area contributed by atoms with Crippen molar-refractivity contribution in [1.29, 1.82) is 0 Å². The van der Waals surface area contributed by atoms with E-state index in [1.165, 1.54) is 46.9 Å². The van der Waals surface area contributed by atoms with E-state index in [0.717, 1.165) is 32.3 Å². The van der Waals surface area contributed by atoms with Gasteiger partial charge in [-0.3, -0.25) is 19.2 Å². The first-order chi connectivity index (χ1) is 35.8. The van der Waals surface area contributed by atoms with Crippen LogP contribution in [-0.4, -0.2) is 144 Å². The van der Waals surface area contributed by atoms with Crippen LogP contribution in [0.3, 0.4) is 0 Å². The van der Waals surface area contributed by atoms with Gasteiger partial charge in [0.1, 0.15) is 24.2 Å². The van der Waals surface area contributed by atoms with E-state index in [4.69, 9.17) is 18.9 Å². The molecule has 416 valence electrons. The lowest BCUT2D eigenvalue weighted by Gasteiger charge is -2.35. The van der Waals surface area contributed by atoms with Gasteiger partial charge in [-0.15, -0.1) is 0 Å². The van der Waals surface area contributed by atoms with Crippen LogP contribution in [0.1, 0.15) is 118 Å². The molecule has 1 saturated heterocycles. The molecule has 4 rings (SSSR count). The van der Waals surface area contributed by atoms with Crippen LogP contribution in [-0.2, 0) is 76.6 Å². The SMILES string of the molecule is CC(C)CC1C(=O)O[C@H](C)C(=O)N(C)[C@@H](CC(C)C)C(=O)O[C@H](Cc2ccc(CC3=CC=CCC=C3)cc2)C(=O)N(C)C(CC(C)C)C(=O)O[C@H](C)C(=O)N(C)[C@@H](CC(C)C)C(=O)O[C@H](Cc2ccccc2)C(=O)N1C. The van der Waals surface area contributed by atoms with E-state index in [1.54, 1.807) is 30.3 Å². The number of amides is 4. The third-order valence-electron chi connectivity index (χ3n) is 13.6. The highest BCUT2D eigenvalue weighted by atomic mass is 16.6. The van der Waals surface area contributed by atoms with Crippen molar-refractivity contribution in [2.24, 2.45) is 23.7 Å². The second kappa shape index (κ2) is 29.1. The van der Waals surface area contributed by atoms with E-state index in [-0.39, 0.29) is 62.2 Å². The lowest BCUT2D eigenvalue weighted by Crippen LogP contribution is -2.55. The smallest absolute Gasteiger partial charge is 0.329 e. The number of cyclic esters (lactones) is 4. The van der Waals surface area contributed by atoms with Gasteiger partial charge >= 0.3 is 23.9 Å². The van der Waals surface area contributed by atoms with Crippen LogP contribution < -0.4 is 0 Å². The zero-order valence-corrected chi connectivity index (χ0v) is 47.4. The molecule has 1 heterocycles. The summed E-state index contributed by atoms with van der Waals surface area (Å²) in [6, 6.07) is 11.4. The van der Waals surface area contributed by atoms with Crippen LogP contribution >= 0.6 is 0 Å². The molecule has 0 radical (unpaired) electrons. The highest BCUT2D eigenvalue weighted by Crippen LogP contribution is 2.25. The maximum absolute atomic E-state index is 15.0. The van der Waals surface area contributed by atoms with Crippen molar-refractivity contribution in [1.82, 2.24) is 19.6 Å². The van der Waals surface area contributed by atoms with E-state index in [9.17, 15) is 38.4 Å². The number of esters is 4. The van der Waals surface area contributed by atoms with Gasteiger partial charge in [0, 0.05) is 41.0 Å². The Morgan fingerprint density at radius 1 is 0.447 bits per heavy atom. The Kier molecular flexibility index (Phi) is 23.7. The fraction of sp³-hybridized carbons (Fsp3) is 0.567. The molecule has 16 heteroatoms. The maximum Gasteiger partial charge on any atom is 0.329 e. The highest BCUT2D eigenvalue weighted by Gasteiger charge is 2.43. The molecule has 0 spiro atoms. The zero-order valence-electron chi connectivity index (χ0n) is 47.4. The second-order valence-corrected chi connectivity index (χ2v) is 22.1. The van der Waals surface area contributed by atoms with Crippen LogP contribution in [0.4, 0.5) is 0 Å². The Balaban J connectivity index is 1.85. The molecule has 2 unspecified atom stereocenters. The predicted octanol–water partition coefficient (Wildman–Crippen LogP) is 7.65. The van der Waals surface area contributed by atoms with Gasteiger partial charge in [-0.05, 0) is 98.3 Å². The van der Waals surface area contributed by atoms with Crippen molar-refractivity contribution in [3.63, 3.8) is 0 Å². The van der Waals surface area contributed by atoms with Crippen molar-refractivity contribution in [2.45, 2.75) is 169 Å². The summed E-state index contributed by atoms with van der Waals surface area (Å²) in [5.74, 6) is -7.20. The first-order valence-corrected chi connectivity index (χ1v) is 26.8. The minimum Gasteiger partial charge on any atom is -0.451 e.